The molecular formula is C44H52N3O11S2-. The van der Waals surface area contributed by atoms with Gasteiger partial charge in [0.2, 0.25) is 5.69 Å². The van der Waals surface area contributed by atoms with E-state index in [9.17, 15) is 40.3 Å². The van der Waals surface area contributed by atoms with Gasteiger partial charge in [0.25, 0.3) is 11.8 Å². The maximum absolute atomic E-state index is 12.9. The summed E-state index contributed by atoms with van der Waals surface area (Å²) in [5.41, 5.74) is 4.90. The number of ether oxygens (including phenoxy) is 1. The molecule has 0 aromatic heterocycles. The Bertz CT molecular complexity index is 2530. The Balaban J connectivity index is 1.45. The van der Waals surface area contributed by atoms with Crippen molar-refractivity contribution in [3.63, 3.8) is 0 Å². The number of anilines is 1. The number of hydrogen-bond acceptors (Lipinski definition) is 12. The van der Waals surface area contributed by atoms with Gasteiger partial charge in [-0.1, -0.05) is 39.0 Å². The van der Waals surface area contributed by atoms with Gasteiger partial charge in [-0.3, -0.25) is 9.59 Å². The number of allylic oxidation sites excluding steroid dienone is 7. The molecule has 2 aromatic rings. The van der Waals surface area contributed by atoms with Gasteiger partial charge in [-0.05, 0) is 82.9 Å². The molecule has 6 rings (SSSR count). The summed E-state index contributed by atoms with van der Waals surface area (Å²) < 4.78 is 80.3. The lowest BCUT2D eigenvalue weighted by Crippen LogP contribution is -2.45. The third-order valence-electron chi connectivity index (χ3n) is 11.5. The molecule has 322 valence electrons. The van der Waals surface area contributed by atoms with Crippen molar-refractivity contribution in [3.8, 4) is 5.75 Å². The van der Waals surface area contributed by atoms with Gasteiger partial charge in [-0.2, -0.15) is 4.58 Å². The second-order valence-electron chi connectivity index (χ2n) is 17.4. The predicted molar refractivity (Wildman–Crippen MR) is 224 cm³/mol. The monoisotopic (exact) mass is 862 g/mol. The number of hydrogen-bond donors (Lipinski definition) is 0. The lowest BCUT2D eigenvalue weighted by atomic mass is 9.75. The Labute approximate surface area is 352 Å². The van der Waals surface area contributed by atoms with E-state index in [1.165, 1.54) is 18.2 Å². The van der Waals surface area contributed by atoms with Crippen molar-refractivity contribution in [2.75, 3.05) is 23.7 Å². The van der Waals surface area contributed by atoms with Gasteiger partial charge in [0.05, 0.1) is 26.0 Å². The highest BCUT2D eigenvalue weighted by Gasteiger charge is 2.48. The minimum Gasteiger partial charge on any atom is -0.748 e. The van der Waals surface area contributed by atoms with Crippen LogP contribution in [0.5, 0.6) is 5.75 Å². The molecule has 4 aliphatic rings. The predicted octanol–water partition coefficient (Wildman–Crippen LogP) is 6.64. The van der Waals surface area contributed by atoms with Crippen LogP contribution in [0.3, 0.4) is 0 Å². The van der Waals surface area contributed by atoms with Crippen molar-refractivity contribution < 1.29 is 54.5 Å². The molecule has 0 spiro atoms. The number of likely N-dealkylation sites (N-methyl/N-ethyl adjacent to an activating group) is 1. The van der Waals surface area contributed by atoms with Gasteiger partial charge in [-0.15, -0.1) is 5.06 Å². The molecule has 0 N–H and O–H groups in total. The molecular weight excluding hydrogens is 811 g/mol. The normalized spacial score (nSPS) is 20.9. The van der Waals surface area contributed by atoms with E-state index in [4.69, 9.17) is 9.57 Å². The van der Waals surface area contributed by atoms with Gasteiger partial charge in [0, 0.05) is 84.0 Å². The van der Waals surface area contributed by atoms with Gasteiger partial charge in [0.15, 0.2) is 5.71 Å². The number of benzene rings is 2. The molecule has 1 unspecified atom stereocenters. The molecule has 0 saturated carbocycles. The van der Waals surface area contributed by atoms with Gasteiger partial charge < -0.3 is 23.6 Å². The van der Waals surface area contributed by atoms with E-state index in [2.05, 4.69) is 71.6 Å². The fourth-order valence-electron chi connectivity index (χ4n) is 8.59. The van der Waals surface area contributed by atoms with Gasteiger partial charge in [-0.25, -0.2) is 21.6 Å². The molecule has 2 amide bonds. The molecule has 2 aromatic carbocycles. The summed E-state index contributed by atoms with van der Waals surface area (Å²) in [5, 5.41) is 0.474. The average Bonchev–Trinajstić information content (AvgIpc) is 3.56. The summed E-state index contributed by atoms with van der Waals surface area (Å²) >= 11 is 0. The first kappa shape index (κ1) is 44.6. The zero-order valence-corrected chi connectivity index (χ0v) is 36.9. The van der Waals surface area contributed by atoms with Crippen LogP contribution in [0.15, 0.2) is 71.4 Å². The lowest BCUT2D eigenvalue weighted by molar-refractivity contribution is -0.437. The van der Waals surface area contributed by atoms with Crippen LogP contribution >= 0.6 is 0 Å². The molecule has 0 bridgehead atoms. The SMILES string of the molecule is CCN1c2cc3c(cc2C(C)=CC1(C)C)/C(=C/C=C/C1=[N+](CCCS(=O)(=O)[O-])c2ccc(S(=O)(=O)[O-])cc2C1(C)CCCC(=O)ON1C(=O)CCC1=O)C=C(C(C)(C)C)O3. The van der Waals surface area contributed by atoms with Crippen LogP contribution < -0.4 is 9.64 Å². The molecule has 1 fully saturated rings. The molecule has 60 heavy (non-hydrogen) atoms. The summed E-state index contributed by atoms with van der Waals surface area (Å²) in [6.07, 6.45) is 9.81. The van der Waals surface area contributed by atoms with Crippen LogP contribution in [0.1, 0.15) is 111 Å². The summed E-state index contributed by atoms with van der Waals surface area (Å²) in [6, 6.07) is 8.19. The molecule has 16 heteroatoms. The van der Waals surface area contributed by atoms with Gasteiger partial charge >= 0.3 is 5.97 Å². The van der Waals surface area contributed by atoms with Crippen LogP contribution in [0, 0.1) is 5.41 Å². The molecule has 14 nitrogen and oxygen atoms in total. The standard InChI is InChI=1S/C44H53N3O11S2/c1-9-46-35-26-36-32(25-31(35)28(2)27-43(46,6)7)29(23-38(57-36)42(3,4)5)13-10-14-37-44(8,20-11-15-41(50)58-47-39(48)18-19-40(47)49)33-24-30(60(54,55)56)16-17-34(33)45(37)21-12-22-59(51,52)53/h10,13-14,16-17,23-27H,9,11-12,15,18-22H2,1-8H3,(H-,51,52,53,54,55,56)/p-1. The van der Waals surface area contributed by atoms with E-state index < -0.39 is 54.1 Å². The van der Waals surface area contributed by atoms with Crippen molar-refractivity contribution in [2.45, 2.75) is 110 Å². The number of carbonyl (C=O) groups is 3. The number of fused-ring (bicyclic) bond motifs is 3. The Morgan fingerprint density at radius 2 is 1.68 bits per heavy atom. The zero-order chi connectivity index (χ0) is 44.2. The average molecular weight is 863 g/mol. The molecule has 0 radical (unpaired) electrons. The third-order valence-corrected chi connectivity index (χ3v) is 13.1. The topological polar surface area (TPSA) is 194 Å². The second-order valence-corrected chi connectivity index (χ2v) is 20.4. The largest absolute Gasteiger partial charge is 0.748 e. The zero-order valence-electron chi connectivity index (χ0n) is 35.3. The fraction of sp³-hybridized carbons (Fsp3) is 0.455. The van der Waals surface area contributed by atoms with E-state index in [1.54, 1.807) is 4.58 Å². The lowest BCUT2D eigenvalue weighted by Gasteiger charge is -2.43. The summed E-state index contributed by atoms with van der Waals surface area (Å²) in [4.78, 5) is 44.0. The maximum Gasteiger partial charge on any atom is 0.333 e. The highest BCUT2D eigenvalue weighted by Crippen LogP contribution is 2.48. The number of amides is 2. The number of imide groups is 1. The summed E-state index contributed by atoms with van der Waals surface area (Å²) in [6.45, 7) is 17.4. The van der Waals surface area contributed by atoms with Crippen molar-refractivity contribution in [3.05, 3.63) is 83.2 Å². The quantitative estimate of drug-likeness (QED) is 0.119. The van der Waals surface area contributed by atoms with E-state index in [1.807, 2.05) is 31.2 Å². The van der Waals surface area contributed by atoms with Crippen LogP contribution in [0.25, 0.3) is 11.1 Å². The maximum atomic E-state index is 12.9. The van der Waals surface area contributed by atoms with Gasteiger partial charge in [0.1, 0.15) is 28.2 Å². The third kappa shape index (κ3) is 9.06. The van der Waals surface area contributed by atoms with Crippen molar-refractivity contribution in [1.82, 2.24) is 5.06 Å². The Hall–Kier alpha value is -4.90. The Morgan fingerprint density at radius 1 is 1.00 bits per heavy atom. The van der Waals surface area contributed by atoms with Crippen molar-refractivity contribution in [2.24, 2.45) is 5.41 Å². The summed E-state index contributed by atoms with van der Waals surface area (Å²) in [5.74, 6) is -1.24. The molecule has 4 aliphatic heterocycles. The van der Waals surface area contributed by atoms with Crippen LogP contribution in [0.4, 0.5) is 11.4 Å². The number of nitrogens with zero attached hydrogens (tertiary/aromatic N) is 3. The molecule has 0 aliphatic carbocycles. The number of hydroxylamine groups is 2. The van der Waals surface area contributed by atoms with E-state index in [0.717, 1.165) is 40.3 Å². The van der Waals surface area contributed by atoms with Crippen molar-refractivity contribution in [1.29, 1.82) is 0 Å². The summed E-state index contributed by atoms with van der Waals surface area (Å²) in [7, 11) is -9.47. The molecule has 1 atom stereocenters. The highest BCUT2D eigenvalue weighted by molar-refractivity contribution is 7.86. The minimum atomic E-state index is -4.90. The molecule has 4 heterocycles. The molecule has 1 saturated heterocycles. The highest BCUT2D eigenvalue weighted by atomic mass is 32.2. The fourth-order valence-corrected chi connectivity index (χ4v) is 9.57. The first-order valence-electron chi connectivity index (χ1n) is 20.0. The van der Waals surface area contributed by atoms with Crippen LogP contribution in [0.2, 0.25) is 0 Å². The second kappa shape index (κ2) is 16.2. The Kier molecular flexibility index (Phi) is 12.0. The first-order chi connectivity index (χ1) is 27.8. The Morgan fingerprint density at radius 3 is 2.30 bits per heavy atom. The van der Waals surface area contributed by atoms with E-state index in [0.29, 0.717) is 27.8 Å². The van der Waals surface area contributed by atoms with Crippen molar-refractivity contribution >= 4 is 66.3 Å². The number of rotatable bonds is 13. The van der Waals surface area contributed by atoms with Crippen LogP contribution in [-0.4, -0.2) is 83.5 Å². The van der Waals surface area contributed by atoms with E-state index in [-0.39, 0.29) is 56.0 Å². The smallest absolute Gasteiger partial charge is 0.333 e. The first-order valence-corrected chi connectivity index (χ1v) is 23.0. The van der Waals surface area contributed by atoms with E-state index >= 15 is 0 Å². The van der Waals surface area contributed by atoms with Crippen LogP contribution in [-0.2, 0) is 44.9 Å². The number of carbonyl (C=O) groups excluding carboxylic acids is 3. The minimum absolute atomic E-state index is 0.0533.